The summed E-state index contributed by atoms with van der Waals surface area (Å²) >= 11 is 1.35. The first-order chi connectivity index (χ1) is 16.3. The molecule has 0 saturated carbocycles. The standard InChI is InChI=1S/C27H25N5OS/c1-16-9-8-12-23(18(16)3)31-17(2)13-21(19(31)4)15-22-25(28)32-27(29-26(22)33)34-24(30-32)14-20-10-6-5-7-11-20/h5-13,15,28H,14H2,1-4H3. The molecule has 170 valence electrons. The van der Waals surface area contributed by atoms with Crippen molar-refractivity contribution in [3.05, 3.63) is 93.8 Å². The molecule has 2 aliphatic heterocycles. The van der Waals surface area contributed by atoms with Crippen LogP contribution in [-0.2, 0) is 11.2 Å². The van der Waals surface area contributed by atoms with Crippen molar-refractivity contribution in [1.29, 1.82) is 5.41 Å². The van der Waals surface area contributed by atoms with Crippen LogP contribution in [-0.4, -0.2) is 31.5 Å². The number of carbonyl (C=O) groups excluding carboxylic acids is 1. The average molecular weight is 468 g/mol. The number of carbonyl (C=O) groups is 1. The Bertz CT molecular complexity index is 1430. The molecule has 1 N–H and O–H groups in total. The van der Waals surface area contributed by atoms with Crippen molar-refractivity contribution < 1.29 is 4.79 Å². The molecule has 1 aromatic heterocycles. The molecule has 7 heteroatoms. The first-order valence-electron chi connectivity index (χ1n) is 11.1. The van der Waals surface area contributed by atoms with Crippen molar-refractivity contribution in [1.82, 2.24) is 9.58 Å². The van der Waals surface area contributed by atoms with Crippen LogP contribution in [0.25, 0.3) is 11.8 Å². The lowest BCUT2D eigenvalue weighted by molar-refractivity contribution is -0.114. The van der Waals surface area contributed by atoms with Crippen LogP contribution in [0.1, 0.15) is 33.6 Å². The molecule has 5 rings (SSSR count). The van der Waals surface area contributed by atoms with Crippen LogP contribution in [0, 0.1) is 33.1 Å². The van der Waals surface area contributed by atoms with Gasteiger partial charge in [-0.15, -0.1) is 0 Å². The van der Waals surface area contributed by atoms with Crippen LogP contribution >= 0.6 is 11.8 Å². The van der Waals surface area contributed by atoms with E-state index in [1.54, 1.807) is 6.08 Å². The summed E-state index contributed by atoms with van der Waals surface area (Å²) in [6, 6.07) is 18.3. The lowest BCUT2D eigenvalue weighted by Crippen LogP contribution is -2.35. The smallest absolute Gasteiger partial charge is 0.283 e. The van der Waals surface area contributed by atoms with Gasteiger partial charge in [0.2, 0.25) is 5.17 Å². The minimum Gasteiger partial charge on any atom is -0.318 e. The third kappa shape index (κ3) is 3.82. The van der Waals surface area contributed by atoms with Gasteiger partial charge in [-0.25, -0.2) is 0 Å². The van der Waals surface area contributed by atoms with E-state index in [1.807, 2.05) is 43.3 Å². The Hall–Kier alpha value is -3.71. The van der Waals surface area contributed by atoms with Crippen molar-refractivity contribution in [2.24, 2.45) is 10.1 Å². The van der Waals surface area contributed by atoms with E-state index >= 15 is 0 Å². The van der Waals surface area contributed by atoms with Crippen molar-refractivity contribution >= 4 is 39.8 Å². The summed E-state index contributed by atoms with van der Waals surface area (Å²) in [7, 11) is 0. The van der Waals surface area contributed by atoms with E-state index in [-0.39, 0.29) is 11.4 Å². The number of hydrogen-bond acceptors (Lipinski definition) is 4. The number of amidine groups is 2. The summed E-state index contributed by atoms with van der Waals surface area (Å²) in [5.74, 6) is -0.349. The third-order valence-electron chi connectivity index (χ3n) is 6.28. The summed E-state index contributed by atoms with van der Waals surface area (Å²) in [5, 5.41) is 16.0. The highest BCUT2D eigenvalue weighted by Gasteiger charge is 2.35. The first-order valence-corrected chi connectivity index (χ1v) is 11.9. The number of amides is 1. The minimum absolute atomic E-state index is 0.0575. The molecule has 1 amide bonds. The molecule has 2 aliphatic rings. The van der Waals surface area contributed by atoms with Gasteiger partial charge in [-0.3, -0.25) is 10.2 Å². The number of nitrogens with one attached hydrogen (secondary N) is 1. The van der Waals surface area contributed by atoms with Gasteiger partial charge in [0.15, 0.2) is 5.84 Å². The highest BCUT2D eigenvalue weighted by atomic mass is 32.2. The second kappa shape index (κ2) is 8.57. The fourth-order valence-corrected chi connectivity index (χ4v) is 5.23. The summed E-state index contributed by atoms with van der Waals surface area (Å²) in [4.78, 5) is 17.1. The number of nitrogens with zero attached hydrogens (tertiary/aromatic N) is 4. The SMILES string of the molecule is Cc1cccc(-n2c(C)cc(C=C3C(=N)N4N=C(Cc5ccccc5)SC4=NC3=O)c2C)c1C. The number of fused-ring (bicyclic) bond motifs is 1. The Kier molecular flexibility index (Phi) is 5.57. The zero-order valence-electron chi connectivity index (χ0n) is 19.6. The molecule has 0 unspecified atom stereocenters. The van der Waals surface area contributed by atoms with Crippen LogP contribution in [0.15, 0.2) is 70.3 Å². The van der Waals surface area contributed by atoms with Gasteiger partial charge in [0, 0.05) is 23.5 Å². The molecule has 0 aliphatic carbocycles. The average Bonchev–Trinajstić information content (AvgIpc) is 3.33. The van der Waals surface area contributed by atoms with E-state index < -0.39 is 5.91 Å². The zero-order valence-corrected chi connectivity index (χ0v) is 20.4. The van der Waals surface area contributed by atoms with Crippen molar-refractivity contribution in [2.75, 3.05) is 0 Å². The Morgan fingerprint density at radius 1 is 1.03 bits per heavy atom. The molecule has 0 bridgehead atoms. The van der Waals surface area contributed by atoms with Crippen molar-refractivity contribution in [3.8, 4) is 5.69 Å². The fourth-order valence-electron chi connectivity index (χ4n) is 4.31. The van der Waals surface area contributed by atoms with Crippen LogP contribution < -0.4 is 0 Å². The van der Waals surface area contributed by atoms with Crippen LogP contribution in [0.3, 0.4) is 0 Å². The highest BCUT2D eigenvalue weighted by molar-refractivity contribution is 8.26. The van der Waals surface area contributed by atoms with Crippen molar-refractivity contribution in [3.63, 3.8) is 0 Å². The molecule has 6 nitrogen and oxygen atoms in total. The summed E-state index contributed by atoms with van der Waals surface area (Å²) in [6.45, 7) is 8.31. The van der Waals surface area contributed by atoms with E-state index in [9.17, 15) is 4.79 Å². The van der Waals surface area contributed by atoms with Gasteiger partial charge in [-0.1, -0.05) is 42.5 Å². The van der Waals surface area contributed by atoms with Crippen LogP contribution in [0.2, 0.25) is 0 Å². The zero-order chi connectivity index (χ0) is 24.0. The molecule has 0 atom stereocenters. The molecule has 3 heterocycles. The number of hydrazone groups is 1. The number of hydrogen-bond donors (Lipinski definition) is 1. The Morgan fingerprint density at radius 3 is 2.56 bits per heavy atom. The minimum atomic E-state index is -0.406. The van der Waals surface area contributed by atoms with Gasteiger partial charge in [0.25, 0.3) is 5.91 Å². The normalized spacial score (nSPS) is 16.7. The number of benzene rings is 2. The molecular formula is C27H25N5OS. The van der Waals surface area contributed by atoms with Gasteiger partial charge >= 0.3 is 0 Å². The number of thioether (sulfide) groups is 1. The number of aliphatic imine (C=N–C) groups is 1. The lowest BCUT2D eigenvalue weighted by atomic mass is 10.1. The van der Waals surface area contributed by atoms with Gasteiger partial charge in [-0.2, -0.15) is 15.1 Å². The highest BCUT2D eigenvalue weighted by Crippen LogP contribution is 2.31. The number of rotatable bonds is 4. The van der Waals surface area contributed by atoms with Crippen molar-refractivity contribution in [2.45, 2.75) is 34.1 Å². The van der Waals surface area contributed by atoms with E-state index in [1.165, 1.54) is 27.9 Å². The molecule has 2 aromatic carbocycles. The van der Waals surface area contributed by atoms with Gasteiger partial charge in [-0.05, 0) is 79.9 Å². The predicted octanol–water partition coefficient (Wildman–Crippen LogP) is 5.57. The number of aromatic nitrogens is 1. The maximum Gasteiger partial charge on any atom is 0.283 e. The summed E-state index contributed by atoms with van der Waals surface area (Å²) in [6.07, 6.45) is 2.41. The second-order valence-electron chi connectivity index (χ2n) is 8.56. The van der Waals surface area contributed by atoms with Gasteiger partial charge in [0.05, 0.1) is 5.57 Å². The molecule has 0 fully saturated rings. The Balaban J connectivity index is 1.48. The molecule has 0 spiro atoms. The lowest BCUT2D eigenvalue weighted by Gasteiger charge is -2.20. The Morgan fingerprint density at radius 2 is 1.79 bits per heavy atom. The molecule has 3 aromatic rings. The van der Waals surface area contributed by atoms with Gasteiger partial charge < -0.3 is 4.57 Å². The maximum absolute atomic E-state index is 12.9. The van der Waals surface area contributed by atoms with E-state index in [0.717, 1.165) is 33.2 Å². The molecule has 0 radical (unpaired) electrons. The molecular weight excluding hydrogens is 442 g/mol. The monoisotopic (exact) mass is 467 g/mol. The van der Waals surface area contributed by atoms with E-state index in [0.29, 0.717) is 11.6 Å². The quantitative estimate of drug-likeness (QED) is 0.510. The summed E-state index contributed by atoms with van der Waals surface area (Å²) in [5.41, 5.74) is 7.91. The van der Waals surface area contributed by atoms with Gasteiger partial charge in [0.1, 0.15) is 5.04 Å². The second-order valence-corrected chi connectivity index (χ2v) is 9.60. The van der Waals surface area contributed by atoms with Crippen LogP contribution in [0.4, 0.5) is 0 Å². The summed E-state index contributed by atoms with van der Waals surface area (Å²) < 4.78 is 2.20. The molecule has 0 saturated heterocycles. The van der Waals surface area contributed by atoms with Crippen LogP contribution in [0.5, 0.6) is 0 Å². The molecule has 34 heavy (non-hydrogen) atoms. The maximum atomic E-state index is 12.9. The van der Waals surface area contributed by atoms with E-state index in [2.05, 4.69) is 53.6 Å². The Labute approximate surface area is 203 Å². The predicted molar refractivity (Wildman–Crippen MR) is 140 cm³/mol. The third-order valence-corrected chi connectivity index (χ3v) is 7.19. The largest absolute Gasteiger partial charge is 0.318 e. The first kappa shape index (κ1) is 22.1. The fraction of sp³-hybridized carbons (Fsp3) is 0.185. The topological polar surface area (TPSA) is 73.8 Å². The number of aryl methyl sites for hydroxylation is 2. The van der Waals surface area contributed by atoms with E-state index in [4.69, 9.17) is 5.41 Å².